The average molecular weight is 475 g/mol. The standard InChI is InChI=1S/C21H26N6O3S2/c1-5-27-17(11-18(28)23-15-7-9-16(10-8-15)30-6-2)25-26-21(27)31-12-19(29)24-20-22-13(3)14(4)32-20/h7-10H,5-6,11-12H2,1-4H3,(H,23,28)(H,22,24,29). The third-order valence-electron chi connectivity index (χ3n) is 4.48. The zero-order valence-electron chi connectivity index (χ0n) is 18.5. The Morgan fingerprint density at radius 1 is 1.09 bits per heavy atom. The summed E-state index contributed by atoms with van der Waals surface area (Å²) in [6, 6.07) is 7.20. The van der Waals surface area contributed by atoms with Gasteiger partial charge in [0.1, 0.15) is 11.6 Å². The number of thiazole rings is 1. The molecule has 2 N–H and O–H groups in total. The lowest BCUT2D eigenvalue weighted by atomic mass is 10.3. The molecule has 0 atom stereocenters. The first-order valence-electron chi connectivity index (χ1n) is 10.2. The number of anilines is 2. The Labute approximate surface area is 195 Å². The Hall–Kier alpha value is -2.92. The van der Waals surface area contributed by atoms with Gasteiger partial charge in [-0.15, -0.1) is 21.5 Å². The van der Waals surface area contributed by atoms with Crippen LogP contribution in [0.1, 0.15) is 30.2 Å². The predicted molar refractivity (Wildman–Crippen MR) is 127 cm³/mol. The molecule has 2 aromatic heterocycles. The van der Waals surface area contributed by atoms with Crippen LogP contribution in [-0.4, -0.2) is 43.9 Å². The van der Waals surface area contributed by atoms with Gasteiger partial charge in [0, 0.05) is 17.1 Å². The van der Waals surface area contributed by atoms with Crippen molar-refractivity contribution in [3.8, 4) is 5.75 Å². The van der Waals surface area contributed by atoms with E-state index in [2.05, 4.69) is 25.8 Å². The van der Waals surface area contributed by atoms with Gasteiger partial charge in [0.15, 0.2) is 10.3 Å². The lowest BCUT2D eigenvalue weighted by Gasteiger charge is -2.09. The Kier molecular flexibility index (Phi) is 8.23. The molecule has 170 valence electrons. The lowest BCUT2D eigenvalue weighted by Crippen LogP contribution is -2.18. The summed E-state index contributed by atoms with van der Waals surface area (Å²) in [5.41, 5.74) is 1.59. The van der Waals surface area contributed by atoms with Gasteiger partial charge in [0.2, 0.25) is 11.8 Å². The number of nitrogens with zero attached hydrogens (tertiary/aromatic N) is 4. The van der Waals surface area contributed by atoms with Crippen molar-refractivity contribution in [3.63, 3.8) is 0 Å². The van der Waals surface area contributed by atoms with Crippen molar-refractivity contribution in [2.75, 3.05) is 23.0 Å². The molecule has 0 aliphatic rings. The van der Waals surface area contributed by atoms with Crippen molar-refractivity contribution in [2.24, 2.45) is 0 Å². The highest BCUT2D eigenvalue weighted by atomic mass is 32.2. The number of rotatable bonds is 10. The van der Waals surface area contributed by atoms with Crippen LogP contribution in [0.15, 0.2) is 29.4 Å². The molecule has 0 unspecified atom stereocenters. The molecule has 0 bridgehead atoms. The quantitative estimate of drug-likeness (QED) is 0.431. The Bertz CT molecular complexity index is 1060. The van der Waals surface area contributed by atoms with Crippen molar-refractivity contribution in [2.45, 2.75) is 45.8 Å². The van der Waals surface area contributed by atoms with Crippen LogP contribution in [0.4, 0.5) is 10.8 Å². The maximum Gasteiger partial charge on any atom is 0.236 e. The summed E-state index contributed by atoms with van der Waals surface area (Å²) in [4.78, 5) is 30.1. The minimum atomic E-state index is -0.194. The Balaban J connectivity index is 1.55. The number of carbonyl (C=O) groups excluding carboxylic acids is 2. The number of amides is 2. The molecule has 3 rings (SSSR count). The number of ether oxygens (including phenoxy) is 1. The van der Waals surface area contributed by atoms with Gasteiger partial charge in [-0.1, -0.05) is 11.8 Å². The van der Waals surface area contributed by atoms with Crippen molar-refractivity contribution >= 4 is 45.7 Å². The van der Waals surface area contributed by atoms with Crippen molar-refractivity contribution in [3.05, 3.63) is 40.7 Å². The van der Waals surface area contributed by atoms with E-state index in [9.17, 15) is 9.59 Å². The first kappa shape index (κ1) is 23.7. The summed E-state index contributed by atoms with van der Waals surface area (Å²) in [6.07, 6.45) is 0.0818. The van der Waals surface area contributed by atoms with Crippen molar-refractivity contribution in [1.29, 1.82) is 0 Å². The van der Waals surface area contributed by atoms with Crippen LogP contribution in [0.5, 0.6) is 5.75 Å². The average Bonchev–Trinajstić information content (AvgIpc) is 3.29. The number of benzene rings is 1. The summed E-state index contributed by atoms with van der Waals surface area (Å²) in [6.45, 7) is 8.92. The largest absolute Gasteiger partial charge is 0.494 e. The van der Waals surface area contributed by atoms with E-state index in [0.29, 0.717) is 35.0 Å². The van der Waals surface area contributed by atoms with E-state index in [0.717, 1.165) is 16.3 Å². The predicted octanol–water partition coefficient (Wildman–Crippen LogP) is 3.68. The Morgan fingerprint density at radius 2 is 1.84 bits per heavy atom. The number of hydrogen-bond acceptors (Lipinski definition) is 8. The second kappa shape index (κ2) is 11.1. The molecule has 0 saturated heterocycles. The van der Waals surface area contributed by atoms with E-state index < -0.39 is 0 Å². The maximum absolute atomic E-state index is 12.5. The monoisotopic (exact) mass is 474 g/mol. The van der Waals surface area contributed by atoms with Crippen molar-refractivity contribution in [1.82, 2.24) is 19.7 Å². The number of carbonyl (C=O) groups is 2. The molecule has 0 saturated carbocycles. The minimum Gasteiger partial charge on any atom is -0.494 e. The molecule has 0 spiro atoms. The normalized spacial score (nSPS) is 10.8. The summed E-state index contributed by atoms with van der Waals surface area (Å²) in [5, 5.41) is 15.2. The van der Waals surface area contributed by atoms with Crippen LogP contribution in [0.25, 0.3) is 0 Å². The lowest BCUT2D eigenvalue weighted by molar-refractivity contribution is -0.116. The van der Waals surface area contributed by atoms with Gasteiger partial charge < -0.3 is 19.9 Å². The van der Waals surface area contributed by atoms with Crippen LogP contribution in [0, 0.1) is 13.8 Å². The van der Waals surface area contributed by atoms with Gasteiger partial charge in [-0.25, -0.2) is 4.98 Å². The first-order chi connectivity index (χ1) is 15.4. The molecule has 0 fully saturated rings. The number of thioether (sulfide) groups is 1. The molecule has 2 amide bonds. The van der Waals surface area contributed by atoms with Gasteiger partial charge in [0.05, 0.1) is 24.5 Å². The SMILES string of the molecule is CCOc1ccc(NC(=O)Cc2nnc(SCC(=O)Nc3nc(C)c(C)s3)n2CC)cc1. The van der Waals surface area contributed by atoms with E-state index in [1.807, 2.05) is 44.4 Å². The smallest absolute Gasteiger partial charge is 0.236 e. The highest BCUT2D eigenvalue weighted by molar-refractivity contribution is 7.99. The molecule has 0 aliphatic heterocycles. The summed E-state index contributed by atoms with van der Waals surface area (Å²) in [5.74, 6) is 1.12. The molecular weight excluding hydrogens is 448 g/mol. The fourth-order valence-electron chi connectivity index (χ4n) is 2.84. The van der Waals surface area contributed by atoms with E-state index in [4.69, 9.17) is 4.74 Å². The highest BCUT2D eigenvalue weighted by Gasteiger charge is 2.17. The van der Waals surface area contributed by atoms with Gasteiger partial charge in [-0.2, -0.15) is 0 Å². The molecular formula is C21H26N6O3S2. The zero-order chi connectivity index (χ0) is 23.1. The number of hydrogen-bond donors (Lipinski definition) is 2. The van der Waals surface area contributed by atoms with Crippen LogP contribution < -0.4 is 15.4 Å². The fourth-order valence-corrected chi connectivity index (χ4v) is 4.49. The van der Waals surface area contributed by atoms with E-state index in [1.165, 1.54) is 23.1 Å². The second-order valence-corrected chi connectivity index (χ2v) is 8.97. The molecule has 2 heterocycles. The number of aryl methyl sites for hydroxylation is 2. The van der Waals surface area contributed by atoms with Gasteiger partial charge in [-0.05, 0) is 52.0 Å². The molecule has 3 aromatic rings. The third-order valence-corrected chi connectivity index (χ3v) is 6.44. The maximum atomic E-state index is 12.5. The molecule has 9 nitrogen and oxygen atoms in total. The Morgan fingerprint density at radius 3 is 2.47 bits per heavy atom. The molecule has 32 heavy (non-hydrogen) atoms. The van der Waals surface area contributed by atoms with Crippen LogP contribution in [0.3, 0.4) is 0 Å². The number of aromatic nitrogens is 4. The van der Waals surface area contributed by atoms with Gasteiger partial charge in [-0.3, -0.25) is 9.59 Å². The molecule has 1 aromatic carbocycles. The van der Waals surface area contributed by atoms with Gasteiger partial charge >= 0.3 is 0 Å². The summed E-state index contributed by atoms with van der Waals surface area (Å²) >= 11 is 2.73. The second-order valence-electron chi connectivity index (χ2n) is 6.82. The zero-order valence-corrected chi connectivity index (χ0v) is 20.1. The van der Waals surface area contributed by atoms with Gasteiger partial charge in [0.25, 0.3) is 0 Å². The van der Waals surface area contributed by atoms with E-state index in [-0.39, 0.29) is 24.0 Å². The van der Waals surface area contributed by atoms with E-state index >= 15 is 0 Å². The third kappa shape index (κ3) is 6.30. The fraction of sp³-hybridized carbons (Fsp3) is 0.381. The summed E-state index contributed by atoms with van der Waals surface area (Å²) < 4.78 is 7.25. The minimum absolute atomic E-state index is 0.0818. The molecule has 0 aliphatic carbocycles. The van der Waals surface area contributed by atoms with E-state index in [1.54, 1.807) is 12.1 Å². The first-order valence-corrected chi connectivity index (χ1v) is 12.0. The van der Waals surface area contributed by atoms with Crippen molar-refractivity contribution < 1.29 is 14.3 Å². The molecule has 0 radical (unpaired) electrons. The van der Waals surface area contributed by atoms with Crippen LogP contribution in [0.2, 0.25) is 0 Å². The number of nitrogens with one attached hydrogen (secondary N) is 2. The topological polar surface area (TPSA) is 111 Å². The van der Waals surface area contributed by atoms with Crippen LogP contribution in [-0.2, 0) is 22.6 Å². The summed E-state index contributed by atoms with van der Waals surface area (Å²) in [7, 11) is 0. The van der Waals surface area contributed by atoms with Crippen LogP contribution >= 0.6 is 23.1 Å². The highest BCUT2D eigenvalue weighted by Crippen LogP contribution is 2.23. The molecule has 11 heteroatoms.